The number of fused-ring (bicyclic) bond motifs is 1. The summed E-state index contributed by atoms with van der Waals surface area (Å²) in [6.07, 6.45) is 0. The third-order valence-corrected chi connectivity index (χ3v) is 2.67. The van der Waals surface area contributed by atoms with E-state index in [0.29, 0.717) is 0 Å². The monoisotopic (exact) mass is 273 g/mol. The summed E-state index contributed by atoms with van der Waals surface area (Å²) in [5, 5.41) is 11.3. The van der Waals surface area contributed by atoms with Gasteiger partial charge in [0.2, 0.25) is 0 Å². The van der Waals surface area contributed by atoms with Gasteiger partial charge in [-0.2, -0.15) is 5.10 Å². The lowest BCUT2D eigenvalue weighted by Gasteiger charge is -1.95. The van der Waals surface area contributed by atoms with Crippen molar-refractivity contribution in [3.05, 3.63) is 21.8 Å². The second-order valence-electron chi connectivity index (χ2n) is 2.48. The van der Waals surface area contributed by atoms with E-state index < -0.39 is 0 Å². The van der Waals surface area contributed by atoms with Gasteiger partial charge in [0.15, 0.2) is 5.82 Å². The van der Waals surface area contributed by atoms with Crippen LogP contribution >= 0.6 is 22.6 Å². The minimum atomic E-state index is 0.912. The predicted molar refractivity (Wildman–Crippen MR) is 58.4 cm³/mol. The molecule has 1 aromatic heterocycles. The van der Waals surface area contributed by atoms with Crippen LogP contribution < -0.4 is 5.32 Å². The fourth-order valence-electron chi connectivity index (χ4n) is 1.21. The Morgan fingerprint density at radius 3 is 3.08 bits per heavy atom. The van der Waals surface area contributed by atoms with Crippen molar-refractivity contribution in [3.63, 3.8) is 0 Å². The van der Waals surface area contributed by atoms with Crippen LogP contribution in [-0.2, 0) is 0 Å². The first kappa shape index (κ1) is 7.85. The number of anilines is 1. The van der Waals surface area contributed by atoms with Gasteiger partial charge in [-0.15, -0.1) is 0 Å². The molecule has 0 fully saturated rings. The van der Waals surface area contributed by atoms with E-state index in [1.807, 2.05) is 19.2 Å². The standard InChI is InChI=1S/C8H8IN3/c1-10-8-7-5(9)3-2-4-6(7)11-12-8/h2-4H,1H3,(H2,10,11,12). The summed E-state index contributed by atoms with van der Waals surface area (Å²) >= 11 is 2.30. The molecule has 0 saturated heterocycles. The molecule has 2 aromatic rings. The molecule has 3 nitrogen and oxygen atoms in total. The minimum absolute atomic E-state index is 0.912. The predicted octanol–water partition coefficient (Wildman–Crippen LogP) is 2.21. The average Bonchev–Trinajstić information content (AvgIpc) is 2.49. The van der Waals surface area contributed by atoms with Crippen molar-refractivity contribution < 1.29 is 0 Å². The fourth-order valence-corrected chi connectivity index (χ4v) is 1.96. The quantitative estimate of drug-likeness (QED) is 0.782. The van der Waals surface area contributed by atoms with Gasteiger partial charge in [-0.05, 0) is 34.7 Å². The second-order valence-corrected chi connectivity index (χ2v) is 3.65. The zero-order valence-electron chi connectivity index (χ0n) is 6.56. The molecule has 0 radical (unpaired) electrons. The largest absolute Gasteiger partial charge is 0.371 e. The molecular formula is C8H8IN3. The van der Waals surface area contributed by atoms with Crippen molar-refractivity contribution in [1.82, 2.24) is 10.2 Å². The van der Waals surface area contributed by atoms with Gasteiger partial charge in [-0.1, -0.05) is 6.07 Å². The van der Waals surface area contributed by atoms with E-state index in [4.69, 9.17) is 0 Å². The lowest BCUT2D eigenvalue weighted by molar-refractivity contribution is 1.11. The number of H-pyrrole nitrogens is 1. The third-order valence-electron chi connectivity index (χ3n) is 1.78. The van der Waals surface area contributed by atoms with E-state index in [2.05, 4.69) is 44.2 Å². The maximum absolute atomic E-state index is 4.13. The van der Waals surface area contributed by atoms with Gasteiger partial charge in [0.05, 0.1) is 10.9 Å². The number of nitrogens with one attached hydrogen (secondary N) is 2. The molecule has 4 heteroatoms. The second kappa shape index (κ2) is 2.93. The highest BCUT2D eigenvalue weighted by molar-refractivity contribution is 14.1. The summed E-state index contributed by atoms with van der Waals surface area (Å²) in [4.78, 5) is 0. The number of halogens is 1. The highest BCUT2D eigenvalue weighted by Gasteiger charge is 2.05. The number of benzene rings is 1. The van der Waals surface area contributed by atoms with Crippen LogP contribution in [0.1, 0.15) is 0 Å². The molecule has 0 aliphatic carbocycles. The van der Waals surface area contributed by atoms with Gasteiger partial charge in [0.25, 0.3) is 0 Å². The van der Waals surface area contributed by atoms with Gasteiger partial charge in [-0.3, -0.25) is 5.10 Å². The fraction of sp³-hybridized carbons (Fsp3) is 0.125. The van der Waals surface area contributed by atoms with E-state index in [0.717, 1.165) is 11.3 Å². The van der Waals surface area contributed by atoms with E-state index in [1.165, 1.54) is 8.96 Å². The Morgan fingerprint density at radius 1 is 1.50 bits per heavy atom. The minimum Gasteiger partial charge on any atom is -0.371 e. The zero-order valence-corrected chi connectivity index (χ0v) is 8.71. The van der Waals surface area contributed by atoms with Gasteiger partial charge in [0.1, 0.15) is 0 Å². The Balaban J connectivity index is 2.83. The van der Waals surface area contributed by atoms with Crippen LogP contribution in [-0.4, -0.2) is 17.2 Å². The zero-order chi connectivity index (χ0) is 8.55. The molecule has 12 heavy (non-hydrogen) atoms. The van der Waals surface area contributed by atoms with Crippen molar-refractivity contribution in [3.8, 4) is 0 Å². The van der Waals surface area contributed by atoms with Gasteiger partial charge in [-0.25, -0.2) is 0 Å². The van der Waals surface area contributed by atoms with Crippen LogP contribution in [0.5, 0.6) is 0 Å². The molecule has 2 N–H and O–H groups in total. The molecule has 0 saturated carbocycles. The molecule has 0 aliphatic rings. The summed E-state index contributed by atoms with van der Waals surface area (Å²) in [6.45, 7) is 0. The Bertz CT molecular complexity index is 408. The normalized spacial score (nSPS) is 10.5. The lowest BCUT2D eigenvalue weighted by atomic mass is 10.2. The molecule has 2 rings (SSSR count). The van der Waals surface area contributed by atoms with E-state index in [1.54, 1.807) is 0 Å². The van der Waals surface area contributed by atoms with Gasteiger partial charge in [0, 0.05) is 10.6 Å². The Labute approximate surface area is 83.7 Å². The summed E-state index contributed by atoms with van der Waals surface area (Å²) in [6, 6.07) is 6.10. The summed E-state index contributed by atoms with van der Waals surface area (Å²) in [5.74, 6) is 0.912. The van der Waals surface area contributed by atoms with Gasteiger partial charge < -0.3 is 5.32 Å². The molecule has 0 unspecified atom stereocenters. The van der Waals surface area contributed by atoms with Crippen molar-refractivity contribution in [2.45, 2.75) is 0 Å². The number of aromatic nitrogens is 2. The van der Waals surface area contributed by atoms with E-state index in [9.17, 15) is 0 Å². The number of aromatic amines is 1. The first-order chi connectivity index (χ1) is 5.83. The molecule has 0 aliphatic heterocycles. The lowest BCUT2D eigenvalue weighted by Crippen LogP contribution is -1.88. The number of nitrogens with zero attached hydrogens (tertiary/aromatic N) is 1. The van der Waals surface area contributed by atoms with Crippen molar-refractivity contribution in [1.29, 1.82) is 0 Å². The molecule has 0 atom stereocenters. The highest BCUT2D eigenvalue weighted by Crippen LogP contribution is 2.24. The molecule has 0 bridgehead atoms. The van der Waals surface area contributed by atoms with Crippen LogP contribution in [0.2, 0.25) is 0 Å². The SMILES string of the molecule is CNc1n[nH]c2cccc(I)c12. The first-order valence-corrected chi connectivity index (χ1v) is 4.71. The van der Waals surface area contributed by atoms with E-state index >= 15 is 0 Å². The van der Waals surface area contributed by atoms with E-state index in [-0.39, 0.29) is 0 Å². The average molecular weight is 273 g/mol. The van der Waals surface area contributed by atoms with Crippen LogP contribution in [0.25, 0.3) is 10.9 Å². The molecule has 1 heterocycles. The van der Waals surface area contributed by atoms with Crippen molar-refractivity contribution in [2.24, 2.45) is 0 Å². The highest BCUT2D eigenvalue weighted by atomic mass is 127. The Hall–Kier alpha value is -0.780. The summed E-state index contributed by atoms with van der Waals surface area (Å²) in [5.41, 5.74) is 1.08. The number of hydrogen-bond acceptors (Lipinski definition) is 2. The molecule has 1 aromatic carbocycles. The topological polar surface area (TPSA) is 40.7 Å². The van der Waals surface area contributed by atoms with Crippen LogP contribution in [0.15, 0.2) is 18.2 Å². The smallest absolute Gasteiger partial charge is 0.156 e. The summed E-state index contributed by atoms with van der Waals surface area (Å²) < 4.78 is 1.21. The van der Waals surface area contributed by atoms with Crippen LogP contribution in [0.3, 0.4) is 0 Å². The Kier molecular flexibility index (Phi) is 1.92. The number of hydrogen-bond donors (Lipinski definition) is 2. The Morgan fingerprint density at radius 2 is 2.33 bits per heavy atom. The van der Waals surface area contributed by atoms with Crippen molar-refractivity contribution in [2.75, 3.05) is 12.4 Å². The molecule has 0 amide bonds. The van der Waals surface area contributed by atoms with Gasteiger partial charge >= 0.3 is 0 Å². The van der Waals surface area contributed by atoms with Crippen LogP contribution in [0.4, 0.5) is 5.82 Å². The number of rotatable bonds is 1. The molecule has 0 spiro atoms. The maximum Gasteiger partial charge on any atom is 0.156 e. The molecular weight excluding hydrogens is 265 g/mol. The maximum atomic E-state index is 4.13. The van der Waals surface area contributed by atoms with Crippen molar-refractivity contribution >= 4 is 39.3 Å². The molecule has 62 valence electrons. The van der Waals surface area contributed by atoms with Crippen LogP contribution in [0, 0.1) is 3.57 Å². The third kappa shape index (κ3) is 1.06. The summed E-state index contributed by atoms with van der Waals surface area (Å²) in [7, 11) is 1.87. The first-order valence-electron chi connectivity index (χ1n) is 3.63.